The molecule has 128 valence electrons. The van der Waals surface area contributed by atoms with Gasteiger partial charge in [-0.15, -0.1) is 0 Å². The summed E-state index contributed by atoms with van der Waals surface area (Å²) in [6, 6.07) is 0. The lowest BCUT2D eigenvalue weighted by Gasteiger charge is -2.18. The molecule has 0 radical (unpaired) electrons. The molecule has 0 bridgehead atoms. The van der Waals surface area contributed by atoms with Crippen molar-refractivity contribution in [1.29, 1.82) is 0 Å². The van der Waals surface area contributed by atoms with Crippen molar-refractivity contribution in [2.75, 3.05) is 7.05 Å². The molecule has 0 aromatic heterocycles. The van der Waals surface area contributed by atoms with Crippen molar-refractivity contribution < 1.29 is 21.7 Å². The number of hydrogen-bond donors (Lipinski definition) is 0. The van der Waals surface area contributed by atoms with Gasteiger partial charge in [0.2, 0.25) is 6.34 Å². The first kappa shape index (κ1) is 21.3. The number of hydrogen-bond acceptors (Lipinski definition) is 2. The van der Waals surface area contributed by atoms with E-state index in [1.807, 2.05) is 13.2 Å². The van der Waals surface area contributed by atoms with Crippen LogP contribution in [0.4, 0.5) is 0 Å². The lowest BCUT2D eigenvalue weighted by Crippen LogP contribution is -3.00. The molecule has 0 saturated carbocycles. The summed E-state index contributed by atoms with van der Waals surface area (Å²) in [4.78, 5) is 16.1. The van der Waals surface area contributed by atoms with E-state index < -0.39 is 0 Å². The van der Waals surface area contributed by atoms with E-state index in [0.29, 0.717) is 6.42 Å². The van der Waals surface area contributed by atoms with Crippen LogP contribution >= 0.6 is 0 Å². The fourth-order valence-corrected chi connectivity index (χ4v) is 2.72. The maximum atomic E-state index is 12.1. The molecule has 0 saturated heterocycles. The topological polar surface area (TPSA) is 29.4 Å². The Labute approximate surface area is 142 Å². The Hall–Kier alpha value is -0.670. The third-order valence-corrected chi connectivity index (χ3v) is 4.30. The zero-order chi connectivity index (χ0) is 15.4. The van der Waals surface area contributed by atoms with E-state index >= 15 is 0 Å². The number of amides is 1. The van der Waals surface area contributed by atoms with Gasteiger partial charge < -0.3 is 12.4 Å². The monoisotopic (exact) mass is 328 g/mol. The molecule has 0 N–H and O–H groups in total. The Morgan fingerprint density at radius 3 is 1.86 bits per heavy atom. The first-order chi connectivity index (χ1) is 10.2. The van der Waals surface area contributed by atoms with Crippen molar-refractivity contribution in [1.82, 2.24) is 0 Å². The summed E-state index contributed by atoms with van der Waals surface area (Å²) in [6.45, 7) is 2.26. The molecule has 0 aliphatic carbocycles. The summed E-state index contributed by atoms with van der Waals surface area (Å²) in [5.41, 5.74) is 0. The smallest absolute Gasteiger partial charge is 0.323 e. The molecule has 0 spiro atoms. The third-order valence-electron chi connectivity index (χ3n) is 4.30. The van der Waals surface area contributed by atoms with Crippen LogP contribution in [0.2, 0.25) is 0 Å². The van der Waals surface area contributed by atoms with Gasteiger partial charge in [0.1, 0.15) is 6.20 Å². The van der Waals surface area contributed by atoms with E-state index in [9.17, 15) is 4.79 Å². The Morgan fingerprint density at radius 1 is 0.909 bits per heavy atom. The minimum Gasteiger partial charge on any atom is -1.00 e. The predicted octanol–water partition coefficient (Wildman–Crippen LogP) is 2.18. The normalized spacial score (nSPS) is 19.4. The largest absolute Gasteiger partial charge is 1.00 e. The maximum absolute atomic E-state index is 12.1. The number of nitrogens with zero attached hydrogens (tertiary/aromatic N) is 2. The number of carbonyl (C=O) groups is 1. The van der Waals surface area contributed by atoms with Crippen LogP contribution in [0.1, 0.15) is 84.0 Å². The van der Waals surface area contributed by atoms with Crippen molar-refractivity contribution >= 4 is 12.2 Å². The van der Waals surface area contributed by atoms with Gasteiger partial charge in [-0.05, 0) is 6.42 Å². The SMILES string of the molecule is CCCCCCCCCCCCCC(=O)[N+]1(C)C=CN=C1.[Cl-]. The van der Waals surface area contributed by atoms with Crippen LogP contribution in [0.5, 0.6) is 0 Å². The van der Waals surface area contributed by atoms with Crippen molar-refractivity contribution in [3.8, 4) is 0 Å². The molecule has 1 rings (SSSR count). The van der Waals surface area contributed by atoms with Crippen LogP contribution in [0.3, 0.4) is 0 Å². The van der Waals surface area contributed by atoms with Gasteiger partial charge in [0.15, 0.2) is 0 Å². The van der Waals surface area contributed by atoms with E-state index in [1.165, 1.54) is 64.2 Å². The highest BCUT2D eigenvalue weighted by molar-refractivity contribution is 5.78. The summed E-state index contributed by atoms with van der Waals surface area (Å²) in [5, 5.41) is 0. The van der Waals surface area contributed by atoms with Gasteiger partial charge in [-0.25, -0.2) is 9.79 Å². The van der Waals surface area contributed by atoms with Crippen LogP contribution in [-0.2, 0) is 4.79 Å². The van der Waals surface area contributed by atoms with Gasteiger partial charge in [0.25, 0.3) is 0 Å². The molecule has 1 amide bonds. The molecular formula is C18H33ClN2O. The van der Waals surface area contributed by atoms with Gasteiger partial charge >= 0.3 is 5.91 Å². The molecule has 4 heteroatoms. The summed E-state index contributed by atoms with van der Waals surface area (Å²) < 4.78 is 0.248. The van der Waals surface area contributed by atoms with Crippen LogP contribution in [0, 0.1) is 0 Å². The lowest BCUT2D eigenvalue weighted by atomic mass is 10.1. The number of halogens is 1. The fraction of sp³-hybridized carbons (Fsp3) is 0.778. The predicted molar refractivity (Wildman–Crippen MR) is 89.9 cm³/mol. The summed E-state index contributed by atoms with van der Waals surface area (Å²) in [7, 11) is 1.90. The Balaban J connectivity index is 0.00000441. The maximum Gasteiger partial charge on any atom is 0.323 e. The molecule has 0 fully saturated rings. The van der Waals surface area contributed by atoms with E-state index in [-0.39, 0.29) is 22.8 Å². The first-order valence-corrected chi connectivity index (χ1v) is 8.80. The average molecular weight is 329 g/mol. The van der Waals surface area contributed by atoms with Crippen molar-refractivity contribution in [2.24, 2.45) is 4.99 Å². The van der Waals surface area contributed by atoms with Crippen LogP contribution < -0.4 is 12.4 Å². The highest BCUT2D eigenvalue weighted by Crippen LogP contribution is 2.15. The Morgan fingerprint density at radius 2 is 1.41 bits per heavy atom. The molecule has 0 aromatic rings. The zero-order valence-electron chi connectivity index (χ0n) is 14.4. The third kappa shape index (κ3) is 8.70. The molecule has 1 heterocycles. The number of aliphatic imine (C=N–C) groups is 1. The number of quaternary nitrogens is 1. The van der Waals surface area contributed by atoms with Crippen LogP contribution in [-0.4, -0.2) is 23.8 Å². The fourth-order valence-electron chi connectivity index (χ4n) is 2.72. The van der Waals surface area contributed by atoms with Gasteiger partial charge in [0.05, 0.1) is 19.7 Å². The van der Waals surface area contributed by atoms with Crippen LogP contribution in [0.25, 0.3) is 0 Å². The van der Waals surface area contributed by atoms with E-state index in [1.54, 1.807) is 12.5 Å². The second-order valence-electron chi connectivity index (χ2n) is 6.39. The van der Waals surface area contributed by atoms with E-state index in [0.717, 1.165) is 6.42 Å². The quantitative estimate of drug-likeness (QED) is 0.399. The number of rotatable bonds is 12. The number of unbranched alkanes of at least 4 members (excludes halogenated alkanes) is 10. The zero-order valence-corrected chi connectivity index (χ0v) is 15.2. The molecule has 1 atom stereocenters. The molecule has 22 heavy (non-hydrogen) atoms. The average Bonchev–Trinajstić information content (AvgIpc) is 2.92. The Kier molecular flexibility index (Phi) is 12.4. The second kappa shape index (κ2) is 12.8. The number of carbonyl (C=O) groups excluding carboxylic acids is 1. The lowest BCUT2D eigenvalue weighted by molar-refractivity contribution is -0.673. The summed E-state index contributed by atoms with van der Waals surface area (Å²) in [5.74, 6) is 0.253. The minimum atomic E-state index is 0. The molecule has 1 aliphatic rings. The van der Waals surface area contributed by atoms with E-state index in [4.69, 9.17) is 0 Å². The standard InChI is InChI=1S/C18H33N2O.ClH/c1-3-4-5-6-7-8-9-10-11-12-13-14-18(21)20(2)16-15-19-17-20;/h15-17H,3-14H2,1-2H3;1H/q+1;/p-1. The van der Waals surface area contributed by atoms with Crippen molar-refractivity contribution in [3.05, 3.63) is 12.4 Å². The minimum absolute atomic E-state index is 0. The van der Waals surface area contributed by atoms with E-state index in [2.05, 4.69) is 11.9 Å². The molecular weight excluding hydrogens is 296 g/mol. The highest BCUT2D eigenvalue weighted by atomic mass is 35.5. The van der Waals surface area contributed by atoms with Gasteiger partial charge in [0, 0.05) is 0 Å². The molecule has 0 aromatic carbocycles. The van der Waals surface area contributed by atoms with Crippen molar-refractivity contribution in [3.63, 3.8) is 0 Å². The second-order valence-corrected chi connectivity index (χ2v) is 6.39. The summed E-state index contributed by atoms with van der Waals surface area (Å²) in [6.07, 6.45) is 20.4. The molecule has 1 aliphatic heterocycles. The highest BCUT2D eigenvalue weighted by Gasteiger charge is 2.29. The van der Waals surface area contributed by atoms with Crippen LogP contribution in [0.15, 0.2) is 17.4 Å². The van der Waals surface area contributed by atoms with Gasteiger partial charge in [-0.1, -0.05) is 71.1 Å². The van der Waals surface area contributed by atoms with Gasteiger partial charge in [-0.3, -0.25) is 0 Å². The first-order valence-electron chi connectivity index (χ1n) is 8.80. The van der Waals surface area contributed by atoms with Crippen molar-refractivity contribution in [2.45, 2.75) is 84.0 Å². The molecule has 3 nitrogen and oxygen atoms in total. The molecule has 1 unspecified atom stereocenters. The summed E-state index contributed by atoms with van der Waals surface area (Å²) >= 11 is 0. The Bertz CT molecular complexity index is 341. The van der Waals surface area contributed by atoms with Gasteiger partial charge in [-0.2, -0.15) is 4.48 Å².